The summed E-state index contributed by atoms with van der Waals surface area (Å²) in [5.74, 6) is -0.214. The molecule has 26 heavy (non-hydrogen) atoms. The van der Waals surface area contributed by atoms with E-state index in [-0.39, 0.29) is 11.5 Å². The summed E-state index contributed by atoms with van der Waals surface area (Å²) >= 11 is 0. The van der Waals surface area contributed by atoms with E-state index in [1.807, 2.05) is 31.3 Å². The molecule has 0 aliphatic carbocycles. The maximum absolute atomic E-state index is 12.0. The Hall–Kier alpha value is -3.31. The second kappa shape index (κ2) is 9.86. The van der Waals surface area contributed by atoms with Gasteiger partial charge in [0.25, 0.3) is 5.69 Å². The fraction of sp³-hybridized carbons (Fsp3) is 0.0952. The Kier molecular flexibility index (Phi) is 7.21. The smallest absolute Gasteiger partial charge is 0.270 e. The SMILES string of the molecule is CNCc1ccccc1.O=C(c1ccccc1)c1cccc([N+](=O)[O-])c1. The van der Waals surface area contributed by atoms with E-state index in [0.717, 1.165) is 6.54 Å². The molecule has 0 saturated carbocycles. The van der Waals surface area contributed by atoms with E-state index in [0.29, 0.717) is 11.1 Å². The maximum Gasteiger partial charge on any atom is 0.270 e. The monoisotopic (exact) mass is 348 g/mol. The Morgan fingerprint density at radius 2 is 1.46 bits per heavy atom. The van der Waals surface area contributed by atoms with Crippen molar-refractivity contribution in [2.75, 3.05) is 7.05 Å². The van der Waals surface area contributed by atoms with Crippen molar-refractivity contribution in [2.24, 2.45) is 0 Å². The number of rotatable bonds is 5. The highest BCUT2D eigenvalue weighted by Gasteiger charge is 2.12. The third-order valence-electron chi connectivity index (χ3n) is 3.58. The van der Waals surface area contributed by atoms with Gasteiger partial charge in [-0.3, -0.25) is 14.9 Å². The van der Waals surface area contributed by atoms with Crippen molar-refractivity contribution < 1.29 is 9.72 Å². The number of carbonyl (C=O) groups is 1. The second-order valence-corrected chi connectivity index (χ2v) is 5.52. The highest BCUT2D eigenvalue weighted by atomic mass is 16.6. The number of nitro groups is 1. The first-order chi connectivity index (χ1) is 12.6. The lowest BCUT2D eigenvalue weighted by atomic mass is 10.0. The van der Waals surface area contributed by atoms with Gasteiger partial charge < -0.3 is 5.32 Å². The molecular weight excluding hydrogens is 328 g/mol. The first-order valence-electron chi connectivity index (χ1n) is 8.14. The molecule has 3 rings (SSSR count). The van der Waals surface area contributed by atoms with Gasteiger partial charge in [0.1, 0.15) is 0 Å². The van der Waals surface area contributed by atoms with Gasteiger partial charge in [-0.05, 0) is 12.6 Å². The average molecular weight is 348 g/mol. The van der Waals surface area contributed by atoms with Crippen LogP contribution >= 0.6 is 0 Å². The number of benzene rings is 3. The normalized spacial score (nSPS) is 9.73. The van der Waals surface area contributed by atoms with E-state index < -0.39 is 4.92 Å². The molecule has 5 nitrogen and oxygen atoms in total. The molecule has 3 aromatic carbocycles. The van der Waals surface area contributed by atoms with Crippen LogP contribution in [0.25, 0.3) is 0 Å². The van der Waals surface area contributed by atoms with Gasteiger partial charge in [0, 0.05) is 29.8 Å². The second-order valence-electron chi connectivity index (χ2n) is 5.52. The summed E-state index contributed by atoms with van der Waals surface area (Å²) in [6.07, 6.45) is 0. The van der Waals surface area contributed by atoms with Crippen molar-refractivity contribution in [1.29, 1.82) is 0 Å². The Morgan fingerprint density at radius 3 is 2.04 bits per heavy atom. The minimum absolute atomic E-state index is 0.0771. The summed E-state index contributed by atoms with van der Waals surface area (Å²) in [6.45, 7) is 0.959. The zero-order chi connectivity index (χ0) is 18.8. The van der Waals surface area contributed by atoms with Crippen molar-refractivity contribution in [3.63, 3.8) is 0 Å². The first kappa shape index (κ1) is 19.0. The number of carbonyl (C=O) groups excluding carboxylic acids is 1. The van der Waals surface area contributed by atoms with Gasteiger partial charge in [0.2, 0.25) is 0 Å². The van der Waals surface area contributed by atoms with Crippen molar-refractivity contribution >= 4 is 11.5 Å². The molecule has 0 spiro atoms. The van der Waals surface area contributed by atoms with Gasteiger partial charge in [-0.1, -0.05) is 72.8 Å². The van der Waals surface area contributed by atoms with E-state index in [9.17, 15) is 14.9 Å². The fourth-order valence-electron chi connectivity index (χ4n) is 2.32. The summed E-state index contributed by atoms with van der Waals surface area (Å²) in [7, 11) is 1.95. The van der Waals surface area contributed by atoms with Crippen LogP contribution in [0.1, 0.15) is 21.5 Å². The minimum atomic E-state index is -0.512. The standard InChI is InChI=1S/C13H9NO3.C8H11N/c15-13(10-5-2-1-3-6-10)11-7-4-8-12(9-11)14(16)17;1-9-7-8-5-3-2-4-6-8/h1-9H;2-6,9H,7H2,1H3. The molecule has 132 valence electrons. The van der Waals surface area contributed by atoms with Crippen LogP contribution in [0.5, 0.6) is 0 Å². The Morgan fingerprint density at radius 1 is 0.885 bits per heavy atom. The minimum Gasteiger partial charge on any atom is -0.316 e. The van der Waals surface area contributed by atoms with E-state index in [2.05, 4.69) is 17.4 Å². The number of ketones is 1. The lowest BCUT2D eigenvalue weighted by Crippen LogP contribution is -2.04. The predicted molar refractivity (Wildman–Crippen MR) is 102 cm³/mol. The molecule has 0 unspecified atom stereocenters. The molecule has 0 saturated heterocycles. The van der Waals surface area contributed by atoms with Crippen molar-refractivity contribution in [2.45, 2.75) is 6.54 Å². The number of nitro benzene ring substituents is 1. The number of hydrogen-bond donors (Lipinski definition) is 1. The van der Waals surface area contributed by atoms with Crippen LogP contribution in [0.2, 0.25) is 0 Å². The lowest BCUT2D eigenvalue weighted by molar-refractivity contribution is -0.384. The number of hydrogen-bond acceptors (Lipinski definition) is 4. The molecule has 1 N–H and O–H groups in total. The summed E-state index contributed by atoms with van der Waals surface area (Å²) in [5, 5.41) is 13.7. The molecule has 0 heterocycles. The topological polar surface area (TPSA) is 72.2 Å². The van der Waals surface area contributed by atoms with E-state index >= 15 is 0 Å². The maximum atomic E-state index is 12.0. The van der Waals surface area contributed by atoms with Crippen molar-refractivity contribution in [3.8, 4) is 0 Å². The third kappa shape index (κ3) is 5.65. The Labute approximate surface area is 152 Å². The molecular formula is C21H20N2O3. The van der Waals surface area contributed by atoms with E-state index in [1.165, 1.54) is 23.8 Å². The molecule has 0 aromatic heterocycles. The summed E-state index contributed by atoms with van der Waals surface area (Å²) in [5.41, 5.74) is 2.10. The van der Waals surface area contributed by atoms with Gasteiger partial charge in [-0.15, -0.1) is 0 Å². The lowest BCUT2D eigenvalue weighted by Gasteiger charge is -2.00. The van der Waals surface area contributed by atoms with Gasteiger partial charge in [0.15, 0.2) is 5.78 Å². The summed E-state index contributed by atoms with van der Waals surface area (Å²) in [4.78, 5) is 22.1. The summed E-state index contributed by atoms with van der Waals surface area (Å²) < 4.78 is 0. The van der Waals surface area contributed by atoms with Crippen LogP contribution in [0, 0.1) is 10.1 Å². The average Bonchev–Trinajstić information content (AvgIpc) is 2.70. The van der Waals surface area contributed by atoms with Gasteiger partial charge in [-0.2, -0.15) is 0 Å². The van der Waals surface area contributed by atoms with E-state index in [4.69, 9.17) is 0 Å². The number of nitrogens with zero attached hydrogens (tertiary/aromatic N) is 1. The summed E-state index contributed by atoms with van der Waals surface area (Å²) in [6, 6.07) is 24.8. The zero-order valence-electron chi connectivity index (χ0n) is 14.5. The number of non-ortho nitro benzene ring substituents is 1. The van der Waals surface area contributed by atoms with Crippen LogP contribution in [0.15, 0.2) is 84.9 Å². The van der Waals surface area contributed by atoms with E-state index in [1.54, 1.807) is 30.3 Å². The molecule has 0 radical (unpaired) electrons. The van der Waals surface area contributed by atoms with Gasteiger partial charge >= 0.3 is 0 Å². The van der Waals surface area contributed by atoms with Crippen LogP contribution in [0.4, 0.5) is 5.69 Å². The third-order valence-corrected chi connectivity index (χ3v) is 3.58. The molecule has 0 aliphatic rings. The Bertz CT molecular complexity index is 849. The molecule has 0 atom stereocenters. The van der Waals surface area contributed by atoms with Crippen molar-refractivity contribution in [3.05, 3.63) is 112 Å². The van der Waals surface area contributed by atoms with Crippen LogP contribution in [-0.4, -0.2) is 17.8 Å². The highest BCUT2D eigenvalue weighted by Crippen LogP contribution is 2.16. The predicted octanol–water partition coefficient (Wildman–Crippen LogP) is 4.23. The van der Waals surface area contributed by atoms with Crippen molar-refractivity contribution in [1.82, 2.24) is 5.32 Å². The molecule has 0 amide bonds. The fourth-order valence-corrected chi connectivity index (χ4v) is 2.32. The quantitative estimate of drug-likeness (QED) is 0.425. The zero-order valence-corrected chi connectivity index (χ0v) is 14.5. The van der Waals surface area contributed by atoms with Crippen LogP contribution < -0.4 is 5.32 Å². The van der Waals surface area contributed by atoms with Gasteiger partial charge in [-0.25, -0.2) is 0 Å². The Balaban J connectivity index is 0.000000228. The molecule has 0 bridgehead atoms. The van der Waals surface area contributed by atoms with Gasteiger partial charge in [0.05, 0.1) is 4.92 Å². The molecule has 0 aliphatic heterocycles. The highest BCUT2D eigenvalue weighted by molar-refractivity contribution is 6.09. The number of nitrogens with one attached hydrogen (secondary N) is 1. The first-order valence-corrected chi connectivity index (χ1v) is 8.14. The molecule has 5 heteroatoms. The largest absolute Gasteiger partial charge is 0.316 e. The van der Waals surface area contributed by atoms with Crippen LogP contribution in [-0.2, 0) is 6.54 Å². The molecule has 0 fully saturated rings. The van der Waals surface area contributed by atoms with Crippen LogP contribution in [0.3, 0.4) is 0 Å². The molecule has 3 aromatic rings.